The summed E-state index contributed by atoms with van der Waals surface area (Å²) in [7, 11) is 3.46. The highest BCUT2D eigenvalue weighted by molar-refractivity contribution is 5.85. The Morgan fingerprint density at radius 2 is 1.72 bits per heavy atom. The number of amides is 1. The van der Waals surface area contributed by atoms with Crippen molar-refractivity contribution in [2.75, 3.05) is 40.4 Å². The largest absolute Gasteiger partial charge is 0.490 e. The van der Waals surface area contributed by atoms with Crippen LogP contribution in [0.3, 0.4) is 0 Å². The molecule has 0 heterocycles. The molecule has 0 spiro atoms. The van der Waals surface area contributed by atoms with Gasteiger partial charge in [-0.15, -0.1) is 0 Å². The van der Waals surface area contributed by atoms with Crippen LogP contribution >= 0.6 is 0 Å². The summed E-state index contributed by atoms with van der Waals surface area (Å²) in [5.74, 6) is 2.11. The predicted molar refractivity (Wildman–Crippen MR) is 119 cm³/mol. The lowest BCUT2D eigenvalue weighted by atomic mass is 10.1. The van der Waals surface area contributed by atoms with Crippen LogP contribution < -0.4 is 20.1 Å². The molecule has 7 heteroatoms. The summed E-state index contributed by atoms with van der Waals surface area (Å²) in [6.07, 6.45) is 2.85. The standard InChI is InChI=1S/C22H38N4O3/c1-7-12-23-22(24-16-21(27)26(5)6)25-17(4)18-10-11-19(28-13-8-2)20(15-18)29-14-9-3/h10-11,15,17H,7-9,12-14,16H2,1-6H3,(H2,23,24,25). The Morgan fingerprint density at radius 3 is 2.31 bits per heavy atom. The number of rotatable bonds is 12. The second-order valence-corrected chi connectivity index (χ2v) is 7.15. The predicted octanol–water partition coefficient (Wildman–Crippen LogP) is 3.36. The zero-order chi connectivity index (χ0) is 21.6. The van der Waals surface area contributed by atoms with Gasteiger partial charge < -0.3 is 25.0 Å². The SMILES string of the molecule is CCCNC(=NCC(=O)N(C)C)NC(C)c1ccc(OCCC)c(OCCC)c1. The highest BCUT2D eigenvalue weighted by Gasteiger charge is 2.13. The Balaban J connectivity index is 2.95. The van der Waals surface area contributed by atoms with Gasteiger partial charge >= 0.3 is 0 Å². The number of nitrogens with zero attached hydrogens (tertiary/aromatic N) is 2. The molecule has 164 valence electrons. The Bertz CT molecular complexity index is 647. The van der Waals surface area contributed by atoms with Crippen LogP contribution in [0, 0.1) is 0 Å². The van der Waals surface area contributed by atoms with Crippen LogP contribution in [0.1, 0.15) is 58.6 Å². The molecule has 0 aliphatic carbocycles. The smallest absolute Gasteiger partial charge is 0.243 e. The van der Waals surface area contributed by atoms with Gasteiger partial charge in [0, 0.05) is 20.6 Å². The number of benzene rings is 1. The molecule has 1 amide bonds. The number of hydrogen-bond acceptors (Lipinski definition) is 4. The van der Waals surface area contributed by atoms with Gasteiger partial charge in [0.05, 0.1) is 19.3 Å². The van der Waals surface area contributed by atoms with Gasteiger partial charge in [-0.05, 0) is 43.9 Å². The second-order valence-electron chi connectivity index (χ2n) is 7.15. The molecule has 0 saturated carbocycles. The number of aliphatic imine (C=N–C) groups is 1. The van der Waals surface area contributed by atoms with Gasteiger partial charge in [0.1, 0.15) is 6.54 Å². The van der Waals surface area contributed by atoms with E-state index in [1.165, 1.54) is 4.90 Å². The van der Waals surface area contributed by atoms with Gasteiger partial charge in [-0.2, -0.15) is 0 Å². The van der Waals surface area contributed by atoms with E-state index in [2.05, 4.69) is 43.3 Å². The molecule has 0 bridgehead atoms. The zero-order valence-corrected chi connectivity index (χ0v) is 18.9. The van der Waals surface area contributed by atoms with Gasteiger partial charge in [-0.25, -0.2) is 4.99 Å². The number of guanidine groups is 1. The van der Waals surface area contributed by atoms with Crippen molar-refractivity contribution in [1.82, 2.24) is 15.5 Å². The zero-order valence-electron chi connectivity index (χ0n) is 18.9. The Hall–Kier alpha value is -2.44. The van der Waals surface area contributed by atoms with Gasteiger partial charge in [-0.3, -0.25) is 4.79 Å². The minimum absolute atomic E-state index is 0.0169. The topological polar surface area (TPSA) is 75.2 Å². The Kier molecular flexibility index (Phi) is 11.6. The fourth-order valence-electron chi connectivity index (χ4n) is 2.42. The molecule has 0 aromatic heterocycles. The number of ether oxygens (including phenoxy) is 2. The summed E-state index contributed by atoms with van der Waals surface area (Å²) in [6.45, 7) is 10.5. The number of hydrogen-bond donors (Lipinski definition) is 2. The van der Waals surface area contributed by atoms with E-state index in [9.17, 15) is 4.79 Å². The molecule has 1 atom stereocenters. The fourth-order valence-corrected chi connectivity index (χ4v) is 2.42. The van der Waals surface area contributed by atoms with Crippen molar-refractivity contribution in [3.05, 3.63) is 23.8 Å². The van der Waals surface area contributed by atoms with E-state index in [-0.39, 0.29) is 18.5 Å². The molecule has 1 unspecified atom stereocenters. The first-order chi connectivity index (χ1) is 13.9. The molecule has 0 radical (unpaired) electrons. The van der Waals surface area contributed by atoms with Crippen LogP contribution in [0.25, 0.3) is 0 Å². The van der Waals surface area contributed by atoms with E-state index >= 15 is 0 Å². The maximum Gasteiger partial charge on any atom is 0.243 e. The lowest BCUT2D eigenvalue weighted by molar-refractivity contribution is -0.127. The third-order valence-corrected chi connectivity index (χ3v) is 4.16. The van der Waals surface area contributed by atoms with Crippen LogP contribution in [-0.2, 0) is 4.79 Å². The number of carbonyl (C=O) groups is 1. The van der Waals surface area contributed by atoms with Gasteiger partial charge in [0.2, 0.25) is 5.91 Å². The fraction of sp³-hybridized carbons (Fsp3) is 0.636. The first-order valence-corrected chi connectivity index (χ1v) is 10.6. The molecule has 0 aliphatic heterocycles. The van der Waals surface area contributed by atoms with Crippen LogP contribution in [0.15, 0.2) is 23.2 Å². The molecule has 29 heavy (non-hydrogen) atoms. The van der Waals surface area contributed by atoms with Crippen molar-refractivity contribution in [2.45, 2.75) is 53.0 Å². The van der Waals surface area contributed by atoms with Crippen LogP contribution in [-0.4, -0.2) is 57.2 Å². The molecule has 1 rings (SSSR count). The number of nitrogens with one attached hydrogen (secondary N) is 2. The van der Waals surface area contributed by atoms with Crippen LogP contribution in [0.5, 0.6) is 11.5 Å². The number of likely N-dealkylation sites (N-methyl/N-ethyl adjacent to an activating group) is 1. The van der Waals surface area contributed by atoms with Crippen molar-refractivity contribution in [1.29, 1.82) is 0 Å². The Labute approximate surface area is 175 Å². The highest BCUT2D eigenvalue weighted by Crippen LogP contribution is 2.31. The minimum atomic E-state index is -0.0390. The summed E-state index contributed by atoms with van der Waals surface area (Å²) >= 11 is 0. The van der Waals surface area contributed by atoms with Crippen molar-refractivity contribution in [2.24, 2.45) is 4.99 Å². The number of carbonyl (C=O) groups excluding carboxylic acids is 1. The molecule has 0 fully saturated rings. The molecule has 2 N–H and O–H groups in total. The molecule has 7 nitrogen and oxygen atoms in total. The van der Waals surface area contributed by atoms with E-state index in [0.29, 0.717) is 19.2 Å². The Morgan fingerprint density at radius 1 is 1.07 bits per heavy atom. The van der Waals surface area contributed by atoms with E-state index in [0.717, 1.165) is 42.9 Å². The molecular formula is C22H38N4O3. The lowest BCUT2D eigenvalue weighted by Gasteiger charge is -2.20. The average Bonchev–Trinajstić information content (AvgIpc) is 2.72. The van der Waals surface area contributed by atoms with E-state index < -0.39 is 0 Å². The summed E-state index contributed by atoms with van der Waals surface area (Å²) in [5, 5.41) is 6.64. The summed E-state index contributed by atoms with van der Waals surface area (Å²) in [4.78, 5) is 17.8. The minimum Gasteiger partial charge on any atom is -0.490 e. The third-order valence-electron chi connectivity index (χ3n) is 4.16. The maximum atomic E-state index is 11.9. The lowest BCUT2D eigenvalue weighted by Crippen LogP contribution is -2.40. The van der Waals surface area contributed by atoms with Gasteiger partial charge in [0.15, 0.2) is 17.5 Å². The first-order valence-electron chi connectivity index (χ1n) is 10.6. The molecule has 0 aliphatic rings. The summed E-state index contributed by atoms with van der Waals surface area (Å²) in [5.41, 5.74) is 1.06. The highest BCUT2D eigenvalue weighted by atomic mass is 16.5. The first kappa shape index (κ1) is 24.6. The summed E-state index contributed by atoms with van der Waals surface area (Å²) in [6, 6.07) is 5.99. The molecule has 1 aromatic rings. The van der Waals surface area contributed by atoms with E-state index in [4.69, 9.17) is 9.47 Å². The van der Waals surface area contributed by atoms with Gasteiger partial charge in [0.25, 0.3) is 0 Å². The monoisotopic (exact) mass is 406 g/mol. The van der Waals surface area contributed by atoms with Gasteiger partial charge in [-0.1, -0.05) is 26.8 Å². The molecular weight excluding hydrogens is 368 g/mol. The summed E-state index contributed by atoms with van der Waals surface area (Å²) < 4.78 is 11.7. The maximum absolute atomic E-state index is 11.9. The normalized spacial score (nSPS) is 12.3. The van der Waals surface area contributed by atoms with Crippen molar-refractivity contribution in [3.8, 4) is 11.5 Å². The van der Waals surface area contributed by atoms with Crippen molar-refractivity contribution < 1.29 is 14.3 Å². The third kappa shape index (κ3) is 9.07. The molecule has 0 saturated heterocycles. The van der Waals surface area contributed by atoms with E-state index in [1.54, 1.807) is 14.1 Å². The van der Waals surface area contributed by atoms with Crippen LogP contribution in [0.4, 0.5) is 0 Å². The van der Waals surface area contributed by atoms with Crippen molar-refractivity contribution in [3.63, 3.8) is 0 Å². The molecule has 1 aromatic carbocycles. The quantitative estimate of drug-likeness (QED) is 0.411. The van der Waals surface area contributed by atoms with Crippen molar-refractivity contribution >= 4 is 11.9 Å². The second kappa shape index (κ2) is 13.7. The average molecular weight is 407 g/mol. The van der Waals surface area contributed by atoms with E-state index in [1.807, 2.05) is 18.2 Å². The van der Waals surface area contributed by atoms with Crippen LogP contribution in [0.2, 0.25) is 0 Å².